The first-order valence-corrected chi connectivity index (χ1v) is 8.25. The summed E-state index contributed by atoms with van der Waals surface area (Å²) < 4.78 is 16.5. The van der Waals surface area contributed by atoms with Crippen LogP contribution in [-0.4, -0.2) is 36.5 Å². The Morgan fingerprint density at radius 2 is 2.07 bits per heavy atom. The number of benzene rings is 1. The van der Waals surface area contributed by atoms with Gasteiger partial charge in [-0.1, -0.05) is 17.7 Å². The number of hydrogen-bond acceptors (Lipinski definition) is 4. The number of carbonyl (C=O) groups excluding carboxylic acids is 1. The number of aliphatic carboxylic acids is 1. The van der Waals surface area contributed by atoms with Gasteiger partial charge in [0.25, 0.3) is 5.91 Å². The molecule has 0 fully saturated rings. The van der Waals surface area contributed by atoms with Gasteiger partial charge in [0.1, 0.15) is 18.1 Å². The molecule has 2 N–H and O–H groups in total. The van der Waals surface area contributed by atoms with Gasteiger partial charge in [-0.25, -0.2) is 9.07 Å². The van der Waals surface area contributed by atoms with Gasteiger partial charge in [-0.3, -0.25) is 14.3 Å². The maximum absolute atomic E-state index is 14.0. The minimum Gasteiger partial charge on any atom is -0.480 e. The highest BCUT2D eigenvalue weighted by Crippen LogP contribution is 2.21. The number of nitrogens with one attached hydrogen (secondary N) is 1. The van der Waals surface area contributed by atoms with Crippen molar-refractivity contribution in [2.45, 2.75) is 20.0 Å². The average molecular weight is 392 g/mol. The van der Waals surface area contributed by atoms with Crippen LogP contribution in [0, 0.1) is 12.7 Å². The lowest BCUT2D eigenvalue weighted by Gasteiger charge is -2.08. The van der Waals surface area contributed by atoms with Crippen molar-refractivity contribution in [3.05, 3.63) is 64.3 Å². The van der Waals surface area contributed by atoms with Crippen molar-refractivity contribution in [2.75, 3.05) is 5.32 Å². The zero-order valence-electron chi connectivity index (χ0n) is 14.2. The van der Waals surface area contributed by atoms with E-state index in [0.717, 1.165) is 4.68 Å². The molecule has 0 aliphatic rings. The van der Waals surface area contributed by atoms with Crippen LogP contribution in [0.1, 0.15) is 21.7 Å². The Kier molecular flexibility index (Phi) is 5.22. The van der Waals surface area contributed by atoms with Crippen LogP contribution in [0.5, 0.6) is 0 Å². The second-order valence-corrected chi connectivity index (χ2v) is 6.16. The SMILES string of the molecule is Cc1cc(NC(=O)c2ccnn2CC(=O)O)nn1Cc1c(F)cccc1Cl. The van der Waals surface area contributed by atoms with Crippen molar-refractivity contribution >= 4 is 29.3 Å². The monoisotopic (exact) mass is 391 g/mol. The minimum absolute atomic E-state index is 0.0850. The molecular weight excluding hydrogens is 377 g/mol. The molecule has 0 aliphatic carbocycles. The number of anilines is 1. The van der Waals surface area contributed by atoms with Gasteiger partial charge in [0.2, 0.25) is 0 Å². The van der Waals surface area contributed by atoms with Gasteiger partial charge in [-0.05, 0) is 25.1 Å². The molecule has 0 bridgehead atoms. The Morgan fingerprint density at radius 3 is 2.78 bits per heavy atom. The third kappa shape index (κ3) is 4.14. The molecule has 27 heavy (non-hydrogen) atoms. The Bertz CT molecular complexity index is 994. The fourth-order valence-corrected chi connectivity index (χ4v) is 2.75. The molecule has 0 unspecified atom stereocenters. The van der Waals surface area contributed by atoms with E-state index in [1.807, 2.05) is 0 Å². The van der Waals surface area contributed by atoms with E-state index in [1.165, 1.54) is 29.1 Å². The number of carboxylic acids is 1. The second-order valence-electron chi connectivity index (χ2n) is 5.75. The number of aromatic nitrogens is 4. The second kappa shape index (κ2) is 7.58. The maximum atomic E-state index is 14.0. The van der Waals surface area contributed by atoms with Crippen LogP contribution in [0.2, 0.25) is 5.02 Å². The van der Waals surface area contributed by atoms with Crippen molar-refractivity contribution in [3.63, 3.8) is 0 Å². The summed E-state index contributed by atoms with van der Waals surface area (Å²) in [5.74, 6) is -1.87. The largest absolute Gasteiger partial charge is 0.480 e. The number of rotatable bonds is 6. The molecule has 1 aromatic carbocycles. The Morgan fingerprint density at radius 1 is 1.30 bits per heavy atom. The van der Waals surface area contributed by atoms with E-state index in [9.17, 15) is 14.0 Å². The highest BCUT2D eigenvalue weighted by molar-refractivity contribution is 6.31. The Labute approximate surface area is 158 Å². The first-order chi connectivity index (χ1) is 12.8. The standard InChI is InChI=1S/C17H15ClFN5O3/c1-10-7-15(21-17(27)14-5-6-20-24(14)9-16(25)26)22-23(10)8-11-12(18)3-2-4-13(11)19/h2-7H,8-9H2,1H3,(H,25,26)(H,21,22,27). The number of carbonyl (C=O) groups is 2. The molecule has 0 saturated heterocycles. The predicted octanol–water partition coefficient (Wildman–Crippen LogP) is 2.57. The van der Waals surface area contributed by atoms with Crippen LogP contribution >= 0.6 is 11.6 Å². The highest BCUT2D eigenvalue weighted by atomic mass is 35.5. The summed E-state index contributed by atoms with van der Waals surface area (Å²) in [6.07, 6.45) is 1.34. The third-order valence-electron chi connectivity index (χ3n) is 3.83. The highest BCUT2D eigenvalue weighted by Gasteiger charge is 2.17. The van der Waals surface area contributed by atoms with E-state index in [2.05, 4.69) is 15.5 Å². The lowest BCUT2D eigenvalue weighted by Crippen LogP contribution is -2.21. The van der Waals surface area contributed by atoms with E-state index in [1.54, 1.807) is 19.1 Å². The van der Waals surface area contributed by atoms with Gasteiger partial charge >= 0.3 is 5.97 Å². The molecule has 0 radical (unpaired) electrons. The molecule has 10 heteroatoms. The summed E-state index contributed by atoms with van der Waals surface area (Å²) in [7, 11) is 0. The molecule has 0 aliphatic heterocycles. The molecule has 3 aromatic rings. The smallest absolute Gasteiger partial charge is 0.325 e. The van der Waals surface area contributed by atoms with Crippen molar-refractivity contribution < 1.29 is 19.1 Å². The van der Waals surface area contributed by atoms with Crippen LogP contribution < -0.4 is 5.32 Å². The van der Waals surface area contributed by atoms with Gasteiger partial charge in [-0.15, -0.1) is 0 Å². The van der Waals surface area contributed by atoms with E-state index < -0.39 is 24.2 Å². The van der Waals surface area contributed by atoms with E-state index >= 15 is 0 Å². The summed E-state index contributed by atoms with van der Waals surface area (Å²) in [6, 6.07) is 7.44. The normalized spacial score (nSPS) is 10.8. The first-order valence-electron chi connectivity index (χ1n) is 7.87. The zero-order valence-corrected chi connectivity index (χ0v) is 14.9. The molecular formula is C17H15ClFN5O3. The zero-order chi connectivity index (χ0) is 19.6. The van der Waals surface area contributed by atoms with Crippen LogP contribution in [0.3, 0.4) is 0 Å². The number of halogens is 2. The Hall–Kier alpha value is -3.20. The fourth-order valence-electron chi connectivity index (χ4n) is 2.52. The maximum Gasteiger partial charge on any atom is 0.325 e. The molecule has 8 nitrogen and oxygen atoms in total. The summed E-state index contributed by atoms with van der Waals surface area (Å²) >= 11 is 6.04. The third-order valence-corrected chi connectivity index (χ3v) is 4.18. The molecule has 0 saturated carbocycles. The number of hydrogen-bond donors (Lipinski definition) is 2. The molecule has 2 aromatic heterocycles. The summed E-state index contributed by atoms with van der Waals surface area (Å²) in [4.78, 5) is 23.2. The first kappa shape index (κ1) is 18.6. The minimum atomic E-state index is -1.12. The molecule has 0 atom stereocenters. The van der Waals surface area contributed by atoms with Gasteiger partial charge in [0.05, 0.1) is 6.54 Å². The van der Waals surface area contributed by atoms with Crippen LogP contribution in [0.25, 0.3) is 0 Å². The van der Waals surface area contributed by atoms with Crippen molar-refractivity contribution in [2.24, 2.45) is 0 Å². The average Bonchev–Trinajstić information content (AvgIpc) is 3.17. The van der Waals surface area contributed by atoms with Gasteiger partial charge in [0.15, 0.2) is 5.82 Å². The van der Waals surface area contributed by atoms with Crippen molar-refractivity contribution in [1.82, 2.24) is 19.6 Å². The van der Waals surface area contributed by atoms with Gasteiger partial charge in [-0.2, -0.15) is 10.2 Å². The fraction of sp³-hybridized carbons (Fsp3) is 0.176. The summed E-state index contributed by atoms with van der Waals surface area (Å²) in [5.41, 5.74) is 1.06. The number of aryl methyl sites for hydroxylation is 1. The van der Waals surface area contributed by atoms with E-state index in [4.69, 9.17) is 16.7 Å². The molecule has 140 valence electrons. The molecule has 0 spiro atoms. The molecule has 1 amide bonds. The molecule has 3 rings (SSSR count). The number of amides is 1. The summed E-state index contributed by atoms with van der Waals surface area (Å²) in [6.45, 7) is 1.42. The van der Waals surface area contributed by atoms with Crippen LogP contribution in [0.4, 0.5) is 10.2 Å². The van der Waals surface area contributed by atoms with E-state index in [0.29, 0.717) is 11.3 Å². The lowest BCUT2D eigenvalue weighted by atomic mass is 10.2. The van der Waals surface area contributed by atoms with Gasteiger partial charge < -0.3 is 10.4 Å². The van der Waals surface area contributed by atoms with Crippen LogP contribution in [0.15, 0.2) is 36.5 Å². The van der Waals surface area contributed by atoms with Crippen LogP contribution in [-0.2, 0) is 17.9 Å². The predicted molar refractivity (Wildman–Crippen MR) is 95.3 cm³/mol. The Balaban J connectivity index is 1.78. The topological polar surface area (TPSA) is 102 Å². The molecule has 2 heterocycles. The quantitative estimate of drug-likeness (QED) is 0.672. The van der Waals surface area contributed by atoms with E-state index in [-0.39, 0.29) is 23.1 Å². The lowest BCUT2D eigenvalue weighted by molar-refractivity contribution is -0.137. The number of carboxylic acid groups (broad SMARTS) is 1. The number of nitrogens with zero attached hydrogens (tertiary/aromatic N) is 4. The van der Waals surface area contributed by atoms with Gasteiger partial charge in [0, 0.05) is 28.5 Å². The van der Waals surface area contributed by atoms with Crippen molar-refractivity contribution in [1.29, 1.82) is 0 Å². The summed E-state index contributed by atoms with van der Waals surface area (Å²) in [5, 5.41) is 19.8. The van der Waals surface area contributed by atoms with Crippen molar-refractivity contribution in [3.8, 4) is 0 Å².